The Balaban J connectivity index is 1.89. The summed E-state index contributed by atoms with van der Waals surface area (Å²) in [7, 11) is 0. The van der Waals surface area contributed by atoms with Gasteiger partial charge in [-0.1, -0.05) is 69.9 Å². The van der Waals surface area contributed by atoms with Crippen molar-refractivity contribution >= 4 is 0 Å². The summed E-state index contributed by atoms with van der Waals surface area (Å²) in [6.45, 7) is 5.10. The van der Waals surface area contributed by atoms with Crippen LogP contribution in [0.25, 0.3) is 11.1 Å². The Labute approximate surface area is 176 Å². The third-order valence-corrected chi connectivity index (χ3v) is 6.32. The van der Waals surface area contributed by atoms with Crippen LogP contribution in [0.2, 0.25) is 0 Å². The second-order valence-electron chi connectivity index (χ2n) is 8.44. The Morgan fingerprint density at radius 3 is 2.34 bits per heavy atom. The van der Waals surface area contributed by atoms with Gasteiger partial charge in [0.05, 0.1) is 18.2 Å². The molecule has 154 valence electrons. The molecule has 1 saturated carbocycles. The van der Waals surface area contributed by atoms with Gasteiger partial charge in [-0.3, -0.25) is 0 Å². The first-order valence-electron chi connectivity index (χ1n) is 11.5. The molecule has 2 aromatic carbocycles. The van der Waals surface area contributed by atoms with Gasteiger partial charge in [-0.05, 0) is 61.6 Å². The fourth-order valence-corrected chi connectivity index (χ4v) is 4.73. The van der Waals surface area contributed by atoms with Gasteiger partial charge in [0.1, 0.15) is 5.75 Å². The minimum absolute atomic E-state index is 0.433. The van der Waals surface area contributed by atoms with Gasteiger partial charge in [-0.15, -0.1) is 0 Å². The first-order valence-corrected chi connectivity index (χ1v) is 11.5. The number of nitriles is 1. The van der Waals surface area contributed by atoms with E-state index in [2.05, 4.69) is 50.2 Å². The third kappa shape index (κ3) is 5.41. The highest BCUT2D eigenvalue weighted by atomic mass is 16.5. The number of nitrogens with zero attached hydrogens (tertiary/aromatic N) is 1. The molecule has 0 radical (unpaired) electrons. The summed E-state index contributed by atoms with van der Waals surface area (Å²) in [5.41, 5.74) is 4.25. The third-order valence-electron chi connectivity index (χ3n) is 6.32. The van der Waals surface area contributed by atoms with E-state index in [1.54, 1.807) is 0 Å². The van der Waals surface area contributed by atoms with Gasteiger partial charge in [0.15, 0.2) is 0 Å². The molecule has 0 N–H and O–H groups in total. The summed E-state index contributed by atoms with van der Waals surface area (Å²) in [4.78, 5) is 0. The summed E-state index contributed by atoms with van der Waals surface area (Å²) in [5.74, 6) is 2.25. The van der Waals surface area contributed by atoms with Crippen LogP contribution in [0.3, 0.4) is 0 Å². The van der Waals surface area contributed by atoms with Crippen LogP contribution in [0, 0.1) is 17.2 Å². The normalized spacial score (nSPS) is 18.9. The minimum Gasteiger partial charge on any atom is -0.493 e. The highest BCUT2D eigenvalue weighted by Gasteiger charge is 2.28. The lowest BCUT2D eigenvalue weighted by atomic mass is 9.75. The average molecular weight is 390 g/mol. The lowest BCUT2D eigenvalue weighted by molar-refractivity contribution is 0.285. The number of benzene rings is 2. The molecular formula is C27H35NO. The number of ether oxygens (including phenoxy) is 1. The fraction of sp³-hybridized carbons (Fsp3) is 0.519. The molecule has 2 heteroatoms. The van der Waals surface area contributed by atoms with Crippen molar-refractivity contribution in [3.05, 3.63) is 53.6 Å². The zero-order valence-corrected chi connectivity index (χ0v) is 18.1. The van der Waals surface area contributed by atoms with Crippen molar-refractivity contribution in [2.75, 3.05) is 6.61 Å². The van der Waals surface area contributed by atoms with Crippen LogP contribution in [0.15, 0.2) is 42.5 Å². The van der Waals surface area contributed by atoms with Gasteiger partial charge < -0.3 is 4.74 Å². The van der Waals surface area contributed by atoms with Crippen LogP contribution < -0.4 is 4.74 Å². The summed E-state index contributed by atoms with van der Waals surface area (Å²) in [6, 6.07) is 17.0. The van der Waals surface area contributed by atoms with Gasteiger partial charge in [-0.2, -0.15) is 5.26 Å². The fourth-order valence-electron chi connectivity index (χ4n) is 4.73. The van der Waals surface area contributed by atoms with Crippen molar-refractivity contribution in [3.63, 3.8) is 0 Å². The Hall–Kier alpha value is -2.27. The van der Waals surface area contributed by atoms with Crippen LogP contribution in [-0.4, -0.2) is 6.61 Å². The van der Waals surface area contributed by atoms with Crippen molar-refractivity contribution in [1.29, 1.82) is 5.26 Å². The molecule has 1 aliphatic rings. The van der Waals surface area contributed by atoms with E-state index in [4.69, 9.17) is 4.74 Å². The monoisotopic (exact) mass is 389 g/mol. The van der Waals surface area contributed by atoms with E-state index in [-0.39, 0.29) is 0 Å². The largest absolute Gasteiger partial charge is 0.493 e. The maximum absolute atomic E-state index is 9.85. The SMILES string of the molecule is CCCCCC1CCC(c2c(C#N)ccc(-c3ccccc3)c2OCCC)CC1. The average Bonchev–Trinajstić information content (AvgIpc) is 2.78. The molecule has 0 aliphatic heterocycles. The molecule has 3 rings (SSSR count). The van der Waals surface area contributed by atoms with Crippen molar-refractivity contribution in [2.45, 2.75) is 77.6 Å². The Kier molecular flexibility index (Phi) is 8.17. The highest BCUT2D eigenvalue weighted by molar-refractivity contribution is 5.74. The van der Waals surface area contributed by atoms with Crippen molar-refractivity contribution in [2.24, 2.45) is 5.92 Å². The van der Waals surface area contributed by atoms with E-state index in [9.17, 15) is 5.26 Å². The van der Waals surface area contributed by atoms with E-state index in [0.717, 1.165) is 40.3 Å². The summed E-state index contributed by atoms with van der Waals surface area (Å²) >= 11 is 0. The molecule has 29 heavy (non-hydrogen) atoms. The predicted molar refractivity (Wildman–Crippen MR) is 121 cm³/mol. The topological polar surface area (TPSA) is 33.0 Å². The van der Waals surface area contributed by atoms with Gasteiger partial charge in [0.2, 0.25) is 0 Å². The lowest BCUT2D eigenvalue weighted by Crippen LogP contribution is -2.16. The quantitative estimate of drug-likeness (QED) is 0.409. The number of hydrogen-bond donors (Lipinski definition) is 0. The molecule has 0 atom stereocenters. The minimum atomic E-state index is 0.433. The molecule has 2 nitrogen and oxygen atoms in total. The van der Waals surface area contributed by atoms with Gasteiger partial charge in [0, 0.05) is 11.1 Å². The van der Waals surface area contributed by atoms with Crippen molar-refractivity contribution in [1.82, 2.24) is 0 Å². The first kappa shape index (κ1) is 21.4. The van der Waals surface area contributed by atoms with E-state index >= 15 is 0 Å². The molecule has 0 spiro atoms. The summed E-state index contributed by atoms with van der Waals surface area (Å²) in [5, 5.41) is 9.85. The first-order chi connectivity index (χ1) is 14.3. The Morgan fingerprint density at radius 1 is 0.931 bits per heavy atom. The van der Waals surface area contributed by atoms with Crippen LogP contribution in [0.4, 0.5) is 0 Å². The zero-order chi connectivity index (χ0) is 20.5. The molecule has 1 fully saturated rings. The van der Waals surface area contributed by atoms with Crippen LogP contribution in [-0.2, 0) is 0 Å². The summed E-state index contributed by atoms with van der Waals surface area (Å²) in [6.07, 6.45) is 11.3. The van der Waals surface area contributed by atoms with E-state index < -0.39 is 0 Å². The maximum atomic E-state index is 9.85. The molecule has 0 heterocycles. The number of rotatable bonds is 9. The van der Waals surface area contributed by atoms with Crippen LogP contribution in [0.5, 0.6) is 5.75 Å². The van der Waals surface area contributed by atoms with Gasteiger partial charge >= 0.3 is 0 Å². The maximum Gasteiger partial charge on any atom is 0.131 e. The predicted octanol–water partition coefficient (Wildman–Crippen LogP) is 7.87. The molecule has 2 aromatic rings. The van der Waals surface area contributed by atoms with Gasteiger partial charge in [0.25, 0.3) is 0 Å². The van der Waals surface area contributed by atoms with Crippen LogP contribution >= 0.6 is 0 Å². The second kappa shape index (κ2) is 11.1. The van der Waals surface area contributed by atoms with Gasteiger partial charge in [-0.25, -0.2) is 0 Å². The van der Waals surface area contributed by atoms with E-state index in [1.807, 2.05) is 12.1 Å². The highest BCUT2D eigenvalue weighted by Crippen LogP contribution is 2.46. The number of unbranched alkanes of at least 4 members (excludes halogenated alkanes) is 2. The Bertz CT molecular complexity index is 797. The Morgan fingerprint density at radius 2 is 1.69 bits per heavy atom. The number of hydrogen-bond acceptors (Lipinski definition) is 2. The molecule has 0 unspecified atom stereocenters. The molecule has 0 aromatic heterocycles. The molecule has 1 aliphatic carbocycles. The van der Waals surface area contributed by atoms with Crippen LogP contribution in [0.1, 0.15) is 88.7 Å². The summed E-state index contributed by atoms with van der Waals surface area (Å²) < 4.78 is 6.32. The van der Waals surface area contributed by atoms with E-state index in [0.29, 0.717) is 12.5 Å². The molecule has 0 bridgehead atoms. The zero-order valence-electron chi connectivity index (χ0n) is 18.1. The lowest BCUT2D eigenvalue weighted by Gasteiger charge is -2.31. The van der Waals surface area contributed by atoms with Crippen molar-refractivity contribution < 1.29 is 4.74 Å². The molecule has 0 saturated heterocycles. The molecule has 0 amide bonds. The molecular weight excluding hydrogens is 354 g/mol. The standard InChI is InChI=1S/C27H35NO/c1-3-5-7-10-21-13-15-23(16-14-21)26-24(20-28)17-18-25(27(26)29-19-4-2)22-11-8-6-9-12-22/h6,8-9,11-12,17-18,21,23H,3-5,7,10,13-16,19H2,1-2H3. The van der Waals surface area contributed by atoms with Crippen molar-refractivity contribution in [3.8, 4) is 22.9 Å². The smallest absolute Gasteiger partial charge is 0.131 e. The van der Waals surface area contributed by atoms with E-state index in [1.165, 1.54) is 51.4 Å². The second-order valence-corrected chi connectivity index (χ2v) is 8.44.